The standard InChI is InChI=1S/C11H12ClFN2O2/c12-8-3-7(1-2-9(8)13)15-10(16)4-11(14)5-17-6-11/h1-3H,4-6,14H2,(H,15,16). The first-order valence-corrected chi connectivity index (χ1v) is 5.48. The number of nitrogens with two attached hydrogens (primary N) is 1. The second kappa shape index (κ2) is 4.60. The molecule has 0 aliphatic carbocycles. The molecule has 92 valence electrons. The lowest BCUT2D eigenvalue weighted by molar-refractivity contribution is -0.123. The minimum Gasteiger partial charge on any atom is -0.377 e. The molecule has 1 saturated heterocycles. The number of nitrogens with one attached hydrogen (secondary N) is 1. The van der Waals surface area contributed by atoms with E-state index in [-0.39, 0.29) is 17.4 Å². The lowest BCUT2D eigenvalue weighted by Crippen LogP contribution is -2.58. The Bertz CT molecular complexity index is 449. The molecular formula is C11H12ClFN2O2. The third-order valence-electron chi connectivity index (χ3n) is 2.50. The number of halogens is 2. The number of hydrogen-bond acceptors (Lipinski definition) is 3. The van der Waals surface area contributed by atoms with Gasteiger partial charge >= 0.3 is 0 Å². The summed E-state index contributed by atoms with van der Waals surface area (Å²) >= 11 is 5.60. The number of benzene rings is 1. The highest BCUT2D eigenvalue weighted by atomic mass is 35.5. The number of ether oxygens (including phenoxy) is 1. The Morgan fingerprint density at radius 2 is 2.29 bits per heavy atom. The fourth-order valence-electron chi connectivity index (χ4n) is 1.57. The van der Waals surface area contributed by atoms with Gasteiger partial charge in [0.15, 0.2) is 0 Å². The number of hydrogen-bond donors (Lipinski definition) is 2. The van der Waals surface area contributed by atoms with E-state index in [0.717, 1.165) is 0 Å². The van der Waals surface area contributed by atoms with Crippen molar-refractivity contribution in [1.29, 1.82) is 0 Å². The molecule has 1 aliphatic rings. The fraction of sp³-hybridized carbons (Fsp3) is 0.364. The summed E-state index contributed by atoms with van der Waals surface area (Å²) in [5.41, 5.74) is 5.71. The van der Waals surface area contributed by atoms with Crippen molar-refractivity contribution in [3.05, 3.63) is 29.0 Å². The number of amides is 1. The van der Waals surface area contributed by atoms with Crippen LogP contribution in [0.1, 0.15) is 6.42 Å². The lowest BCUT2D eigenvalue weighted by Gasteiger charge is -2.37. The third-order valence-corrected chi connectivity index (χ3v) is 2.78. The first-order valence-electron chi connectivity index (χ1n) is 5.10. The van der Waals surface area contributed by atoms with Crippen LogP contribution < -0.4 is 11.1 Å². The normalized spacial score (nSPS) is 17.4. The Hall–Kier alpha value is -1.17. The van der Waals surface area contributed by atoms with Crippen LogP contribution in [-0.4, -0.2) is 24.7 Å². The fourth-order valence-corrected chi connectivity index (χ4v) is 1.75. The Morgan fingerprint density at radius 3 is 2.82 bits per heavy atom. The van der Waals surface area contributed by atoms with Crippen LogP contribution in [0.5, 0.6) is 0 Å². The summed E-state index contributed by atoms with van der Waals surface area (Å²) in [6.45, 7) is 0.759. The SMILES string of the molecule is NC1(CC(=O)Nc2ccc(F)c(Cl)c2)COC1. The maximum absolute atomic E-state index is 12.9. The number of carbonyl (C=O) groups is 1. The average molecular weight is 259 g/mol. The number of carbonyl (C=O) groups excluding carboxylic acids is 1. The molecule has 17 heavy (non-hydrogen) atoms. The van der Waals surface area contributed by atoms with E-state index < -0.39 is 11.4 Å². The molecular weight excluding hydrogens is 247 g/mol. The zero-order valence-corrected chi connectivity index (χ0v) is 9.76. The van der Waals surface area contributed by atoms with Gasteiger partial charge in [-0.1, -0.05) is 11.6 Å². The molecule has 2 rings (SSSR count). The second-order valence-corrected chi connectivity index (χ2v) is 4.62. The van der Waals surface area contributed by atoms with Gasteiger partial charge in [0.1, 0.15) is 5.82 Å². The second-order valence-electron chi connectivity index (χ2n) is 4.21. The monoisotopic (exact) mass is 258 g/mol. The van der Waals surface area contributed by atoms with E-state index in [2.05, 4.69) is 5.32 Å². The smallest absolute Gasteiger partial charge is 0.226 e. The topological polar surface area (TPSA) is 64.4 Å². The predicted molar refractivity (Wildman–Crippen MR) is 62.4 cm³/mol. The molecule has 3 N–H and O–H groups in total. The quantitative estimate of drug-likeness (QED) is 0.864. The van der Waals surface area contributed by atoms with Gasteiger partial charge in [-0.05, 0) is 18.2 Å². The first kappa shape index (κ1) is 12.3. The van der Waals surface area contributed by atoms with Gasteiger partial charge in [0.2, 0.25) is 5.91 Å². The molecule has 1 amide bonds. The van der Waals surface area contributed by atoms with Gasteiger partial charge in [0, 0.05) is 12.1 Å². The summed E-state index contributed by atoms with van der Waals surface area (Å²) < 4.78 is 17.8. The van der Waals surface area contributed by atoms with Gasteiger partial charge in [-0.15, -0.1) is 0 Å². The molecule has 1 heterocycles. The Morgan fingerprint density at radius 1 is 1.59 bits per heavy atom. The maximum Gasteiger partial charge on any atom is 0.226 e. The lowest BCUT2D eigenvalue weighted by atomic mass is 9.94. The van der Waals surface area contributed by atoms with Crippen molar-refractivity contribution in [2.24, 2.45) is 5.73 Å². The molecule has 0 saturated carbocycles. The molecule has 0 radical (unpaired) electrons. The number of rotatable bonds is 3. The molecule has 0 aromatic heterocycles. The highest BCUT2D eigenvalue weighted by Gasteiger charge is 2.36. The molecule has 0 bridgehead atoms. The van der Waals surface area contributed by atoms with E-state index in [1.807, 2.05) is 0 Å². The maximum atomic E-state index is 12.9. The Balaban J connectivity index is 1.95. The molecule has 1 aromatic carbocycles. The van der Waals surface area contributed by atoms with Crippen LogP contribution in [0.3, 0.4) is 0 Å². The van der Waals surface area contributed by atoms with Gasteiger partial charge in [-0.2, -0.15) is 0 Å². The highest BCUT2D eigenvalue weighted by Crippen LogP contribution is 2.21. The van der Waals surface area contributed by atoms with Crippen LogP contribution in [-0.2, 0) is 9.53 Å². The van der Waals surface area contributed by atoms with E-state index in [1.165, 1.54) is 18.2 Å². The third kappa shape index (κ3) is 2.94. The summed E-state index contributed by atoms with van der Waals surface area (Å²) in [6, 6.07) is 4.00. The molecule has 1 aromatic rings. The van der Waals surface area contributed by atoms with Crippen molar-refractivity contribution in [2.45, 2.75) is 12.0 Å². The van der Waals surface area contributed by atoms with E-state index in [1.54, 1.807) is 0 Å². The average Bonchev–Trinajstić information content (AvgIpc) is 2.21. The van der Waals surface area contributed by atoms with Gasteiger partial charge in [0.05, 0.1) is 23.8 Å². The van der Waals surface area contributed by atoms with Crippen molar-refractivity contribution in [1.82, 2.24) is 0 Å². The van der Waals surface area contributed by atoms with E-state index in [4.69, 9.17) is 22.1 Å². The zero-order chi connectivity index (χ0) is 12.5. The Labute approximate surface area is 103 Å². The molecule has 1 aliphatic heterocycles. The van der Waals surface area contributed by atoms with Crippen LogP contribution in [0.25, 0.3) is 0 Å². The van der Waals surface area contributed by atoms with E-state index in [0.29, 0.717) is 18.9 Å². The molecule has 6 heteroatoms. The van der Waals surface area contributed by atoms with Crippen LogP contribution in [0.4, 0.5) is 10.1 Å². The minimum atomic E-state index is -0.575. The molecule has 0 atom stereocenters. The van der Waals surface area contributed by atoms with Crippen LogP contribution in [0, 0.1) is 5.82 Å². The van der Waals surface area contributed by atoms with Gasteiger partial charge in [-0.25, -0.2) is 4.39 Å². The largest absolute Gasteiger partial charge is 0.377 e. The van der Waals surface area contributed by atoms with Gasteiger partial charge in [0.25, 0.3) is 0 Å². The van der Waals surface area contributed by atoms with Crippen molar-refractivity contribution in [3.8, 4) is 0 Å². The van der Waals surface area contributed by atoms with E-state index in [9.17, 15) is 9.18 Å². The van der Waals surface area contributed by atoms with Crippen LogP contribution >= 0.6 is 11.6 Å². The molecule has 0 spiro atoms. The van der Waals surface area contributed by atoms with Crippen molar-refractivity contribution >= 4 is 23.2 Å². The van der Waals surface area contributed by atoms with Gasteiger partial charge in [-0.3, -0.25) is 4.79 Å². The minimum absolute atomic E-state index is 0.0303. The summed E-state index contributed by atoms with van der Waals surface area (Å²) in [4.78, 5) is 11.6. The highest BCUT2D eigenvalue weighted by molar-refractivity contribution is 6.31. The zero-order valence-electron chi connectivity index (χ0n) is 9.00. The summed E-state index contributed by atoms with van der Waals surface area (Å²) in [5.74, 6) is -0.758. The van der Waals surface area contributed by atoms with Crippen molar-refractivity contribution < 1.29 is 13.9 Å². The predicted octanol–water partition coefficient (Wildman–Crippen LogP) is 1.54. The van der Waals surface area contributed by atoms with Crippen molar-refractivity contribution in [2.75, 3.05) is 18.5 Å². The summed E-state index contributed by atoms with van der Waals surface area (Å²) in [7, 11) is 0. The molecule has 1 fully saturated rings. The van der Waals surface area contributed by atoms with Crippen LogP contribution in [0.2, 0.25) is 5.02 Å². The summed E-state index contributed by atoms with van der Waals surface area (Å²) in [5, 5.41) is 2.58. The Kier molecular flexibility index (Phi) is 3.33. The van der Waals surface area contributed by atoms with Crippen LogP contribution in [0.15, 0.2) is 18.2 Å². The number of anilines is 1. The van der Waals surface area contributed by atoms with Crippen molar-refractivity contribution in [3.63, 3.8) is 0 Å². The molecule has 0 unspecified atom stereocenters. The summed E-state index contributed by atoms with van der Waals surface area (Å²) in [6.07, 6.45) is 0.169. The first-order chi connectivity index (χ1) is 7.98. The van der Waals surface area contributed by atoms with Gasteiger partial charge < -0.3 is 15.8 Å². The molecule has 4 nitrogen and oxygen atoms in total. The van der Waals surface area contributed by atoms with E-state index >= 15 is 0 Å².